The first-order chi connectivity index (χ1) is 20.1. The predicted octanol–water partition coefficient (Wildman–Crippen LogP) is 6.44. The van der Waals surface area contributed by atoms with Gasteiger partial charge in [0.25, 0.3) is 0 Å². The molecule has 0 saturated carbocycles. The van der Waals surface area contributed by atoms with Gasteiger partial charge < -0.3 is 10.2 Å². The van der Waals surface area contributed by atoms with E-state index in [1.54, 1.807) is 48.5 Å². The van der Waals surface area contributed by atoms with E-state index in [0.717, 1.165) is 28.4 Å². The highest BCUT2D eigenvalue weighted by Crippen LogP contribution is 2.36. The molecule has 1 N–H and O–H groups in total. The Morgan fingerprint density at radius 2 is 1.63 bits per heavy atom. The highest BCUT2D eigenvalue weighted by atomic mass is 79.9. The topological polar surface area (TPSA) is 86.8 Å². The number of nitrogens with zero attached hydrogens (tertiary/aromatic N) is 2. The first kappa shape index (κ1) is 34.4. The number of nitrogens with one attached hydrogen (secondary N) is 1. The molecule has 43 heavy (non-hydrogen) atoms. The van der Waals surface area contributed by atoms with E-state index in [-0.39, 0.29) is 24.0 Å². The van der Waals surface area contributed by atoms with E-state index in [4.69, 9.17) is 11.6 Å². The SMILES string of the molecule is CC[C@@H](C)NC(=O)[C@H](Cc1ccccc1)N(Cc1ccc(Br)cc1)C(=O)CN(c1cc(C(F)(F)F)ccc1Cl)S(C)(=O)=O. The normalized spacial score (nSPS) is 13.2. The van der Waals surface area contributed by atoms with Crippen LogP contribution in [0.2, 0.25) is 5.02 Å². The lowest BCUT2D eigenvalue weighted by Gasteiger charge is -2.34. The van der Waals surface area contributed by atoms with Crippen LogP contribution in [0.25, 0.3) is 0 Å². The zero-order valence-electron chi connectivity index (χ0n) is 23.7. The Morgan fingerprint density at radius 3 is 2.19 bits per heavy atom. The van der Waals surface area contributed by atoms with Gasteiger partial charge in [-0.3, -0.25) is 13.9 Å². The molecule has 232 valence electrons. The quantitative estimate of drug-likeness (QED) is 0.236. The highest BCUT2D eigenvalue weighted by molar-refractivity contribution is 9.10. The number of rotatable bonds is 12. The van der Waals surface area contributed by atoms with Crippen LogP contribution in [0.4, 0.5) is 18.9 Å². The zero-order valence-corrected chi connectivity index (χ0v) is 26.9. The maximum absolute atomic E-state index is 14.1. The monoisotopic (exact) mass is 701 g/mol. The Bertz CT molecular complexity index is 1520. The summed E-state index contributed by atoms with van der Waals surface area (Å²) in [6, 6.07) is 17.0. The van der Waals surface area contributed by atoms with Gasteiger partial charge in [-0.1, -0.05) is 76.9 Å². The van der Waals surface area contributed by atoms with Gasteiger partial charge in [-0.2, -0.15) is 13.2 Å². The fraction of sp³-hybridized carbons (Fsp3) is 0.333. The lowest BCUT2D eigenvalue weighted by Crippen LogP contribution is -2.54. The molecular weight excluding hydrogens is 671 g/mol. The van der Waals surface area contributed by atoms with Crippen molar-refractivity contribution in [3.63, 3.8) is 0 Å². The van der Waals surface area contributed by atoms with Crippen molar-refractivity contribution in [2.24, 2.45) is 0 Å². The lowest BCUT2D eigenvalue weighted by molar-refractivity contribution is -0.140. The van der Waals surface area contributed by atoms with E-state index in [0.29, 0.717) is 22.4 Å². The van der Waals surface area contributed by atoms with Gasteiger partial charge in [0.15, 0.2) is 0 Å². The van der Waals surface area contributed by atoms with E-state index in [1.807, 2.05) is 19.9 Å². The summed E-state index contributed by atoms with van der Waals surface area (Å²) in [5, 5.41) is 2.62. The zero-order chi connectivity index (χ0) is 31.9. The second-order valence-corrected chi connectivity index (χ2v) is 13.3. The average molecular weight is 703 g/mol. The van der Waals surface area contributed by atoms with Crippen molar-refractivity contribution >= 4 is 55.1 Å². The minimum Gasteiger partial charge on any atom is -0.352 e. The second-order valence-electron chi connectivity index (χ2n) is 10.1. The van der Waals surface area contributed by atoms with Crippen LogP contribution in [0.15, 0.2) is 77.3 Å². The molecule has 2 amide bonds. The summed E-state index contributed by atoms with van der Waals surface area (Å²) >= 11 is 9.55. The van der Waals surface area contributed by atoms with Crippen LogP contribution in [0, 0.1) is 0 Å². The van der Waals surface area contributed by atoms with Crippen molar-refractivity contribution in [2.45, 2.75) is 51.5 Å². The first-order valence-corrected chi connectivity index (χ1v) is 16.3. The van der Waals surface area contributed by atoms with Gasteiger partial charge in [-0.15, -0.1) is 0 Å². The molecule has 7 nitrogen and oxygen atoms in total. The van der Waals surface area contributed by atoms with Crippen LogP contribution in [0.1, 0.15) is 37.0 Å². The van der Waals surface area contributed by atoms with E-state index in [1.165, 1.54) is 4.90 Å². The van der Waals surface area contributed by atoms with Crippen molar-refractivity contribution in [2.75, 3.05) is 17.1 Å². The summed E-state index contributed by atoms with van der Waals surface area (Å²) in [6.45, 7) is 2.74. The van der Waals surface area contributed by atoms with Gasteiger partial charge in [-0.25, -0.2) is 8.42 Å². The lowest BCUT2D eigenvalue weighted by atomic mass is 10.0. The summed E-state index contributed by atoms with van der Waals surface area (Å²) in [7, 11) is -4.31. The fourth-order valence-corrected chi connectivity index (χ4v) is 5.64. The first-order valence-electron chi connectivity index (χ1n) is 13.3. The van der Waals surface area contributed by atoms with E-state index in [2.05, 4.69) is 21.2 Å². The third-order valence-electron chi connectivity index (χ3n) is 6.76. The van der Waals surface area contributed by atoms with Crippen LogP contribution in [-0.4, -0.2) is 50.0 Å². The molecule has 0 aliphatic carbocycles. The smallest absolute Gasteiger partial charge is 0.352 e. The molecule has 0 saturated heterocycles. The molecule has 0 radical (unpaired) electrons. The van der Waals surface area contributed by atoms with E-state index < -0.39 is 51.9 Å². The molecule has 0 heterocycles. The minimum atomic E-state index is -4.78. The number of hydrogen-bond donors (Lipinski definition) is 1. The van der Waals surface area contributed by atoms with Crippen molar-refractivity contribution in [3.8, 4) is 0 Å². The van der Waals surface area contributed by atoms with E-state index >= 15 is 0 Å². The van der Waals surface area contributed by atoms with Gasteiger partial charge in [0.2, 0.25) is 21.8 Å². The number of carbonyl (C=O) groups is 2. The number of alkyl halides is 3. The number of carbonyl (C=O) groups excluding carboxylic acids is 2. The molecule has 13 heteroatoms. The number of benzene rings is 3. The summed E-state index contributed by atoms with van der Waals surface area (Å²) in [4.78, 5) is 29.0. The molecule has 0 fully saturated rings. The number of hydrogen-bond acceptors (Lipinski definition) is 4. The number of amides is 2. The van der Waals surface area contributed by atoms with Crippen LogP contribution in [0.3, 0.4) is 0 Å². The number of halogens is 5. The summed E-state index contributed by atoms with van der Waals surface area (Å²) in [5.41, 5.74) is -0.232. The maximum atomic E-state index is 14.1. The number of sulfonamides is 1. The molecule has 0 aromatic heterocycles. The van der Waals surface area contributed by atoms with Gasteiger partial charge >= 0.3 is 6.18 Å². The minimum absolute atomic E-state index is 0.0779. The van der Waals surface area contributed by atoms with E-state index in [9.17, 15) is 31.2 Å². The van der Waals surface area contributed by atoms with Crippen LogP contribution >= 0.6 is 27.5 Å². The van der Waals surface area contributed by atoms with Crippen molar-refractivity contribution in [3.05, 3.63) is 99.0 Å². The molecule has 0 aliphatic rings. The Kier molecular flexibility index (Phi) is 11.7. The van der Waals surface area contributed by atoms with Gasteiger partial charge in [0.1, 0.15) is 12.6 Å². The Labute approximate surface area is 263 Å². The molecule has 2 atom stereocenters. The molecule has 0 aliphatic heterocycles. The van der Waals surface area contributed by atoms with Gasteiger partial charge in [-0.05, 0) is 54.8 Å². The van der Waals surface area contributed by atoms with Crippen LogP contribution < -0.4 is 9.62 Å². The molecule has 3 aromatic rings. The molecule has 0 spiro atoms. The molecule has 3 aromatic carbocycles. The van der Waals surface area contributed by atoms with Crippen LogP contribution in [-0.2, 0) is 38.8 Å². The Morgan fingerprint density at radius 1 is 1.00 bits per heavy atom. The van der Waals surface area contributed by atoms with Crippen LogP contribution in [0.5, 0.6) is 0 Å². The Balaban J connectivity index is 2.11. The third kappa shape index (κ3) is 9.70. The third-order valence-corrected chi connectivity index (χ3v) is 8.73. The highest BCUT2D eigenvalue weighted by Gasteiger charge is 2.36. The number of anilines is 1. The molecule has 0 unspecified atom stereocenters. The molecular formula is C30H32BrClF3N3O4S. The summed E-state index contributed by atoms with van der Waals surface area (Å²) in [5.74, 6) is -1.26. The predicted molar refractivity (Wildman–Crippen MR) is 165 cm³/mol. The van der Waals surface area contributed by atoms with Crippen molar-refractivity contribution in [1.29, 1.82) is 0 Å². The molecule has 0 bridgehead atoms. The second kappa shape index (κ2) is 14.6. The summed E-state index contributed by atoms with van der Waals surface area (Å²) < 4.78 is 67.7. The van der Waals surface area contributed by atoms with Gasteiger partial charge in [0.05, 0.1) is 22.5 Å². The largest absolute Gasteiger partial charge is 0.416 e. The fourth-order valence-electron chi connectivity index (χ4n) is 4.26. The van der Waals surface area contributed by atoms with Crippen molar-refractivity contribution in [1.82, 2.24) is 10.2 Å². The van der Waals surface area contributed by atoms with Crippen molar-refractivity contribution < 1.29 is 31.2 Å². The molecule has 3 rings (SSSR count). The Hall–Kier alpha value is -3.09. The average Bonchev–Trinajstić information content (AvgIpc) is 2.94. The van der Waals surface area contributed by atoms with Gasteiger partial charge in [0, 0.05) is 23.5 Å². The summed E-state index contributed by atoms with van der Waals surface area (Å²) in [6.07, 6.45) is -3.28. The standard InChI is InChI=1S/C30H32BrClF3N3O4S/c1-4-20(2)36-29(40)27(16-21-8-6-5-7-9-21)37(18-22-10-13-24(31)14-11-22)28(39)19-38(43(3,41)42)26-17-23(30(33,34)35)12-15-25(26)32/h5-15,17,20,27H,4,16,18-19H2,1-3H3,(H,36,40)/t20-,27+/m1/s1. The maximum Gasteiger partial charge on any atom is 0.416 e.